The van der Waals surface area contributed by atoms with Crippen molar-refractivity contribution in [3.8, 4) is 5.75 Å². The average Bonchev–Trinajstić information content (AvgIpc) is 2.45. The van der Waals surface area contributed by atoms with Crippen LogP contribution >= 0.6 is 0 Å². The highest BCUT2D eigenvalue weighted by atomic mass is 16.5. The maximum Gasteiger partial charge on any atom is 0.122 e. The van der Waals surface area contributed by atoms with Gasteiger partial charge in [0.2, 0.25) is 0 Å². The fourth-order valence-corrected chi connectivity index (χ4v) is 1.61. The first-order valence-electron chi connectivity index (χ1n) is 6.38. The van der Waals surface area contributed by atoms with E-state index in [1.54, 1.807) is 0 Å². The van der Waals surface area contributed by atoms with Gasteiger partial charge in [-0.15, -0.1) is 0 Å². The lowest BCUT2D eigenvalue weighted by molar-refractivity contribution is 0.105. The smallest absolute Gasteiger partial charge is 0.122 e. The first-order chi connectivity index (χ1) is 9.38. The predicted octanol–water partition coefficient (Wildman–Crippen LogP) is 2.28. The van der Waals surface area contributed by atoms with Gasteiger partial charge in [-0.1, -0.05) is 23.3 Å². The highest BCUT2D eigenvalue weighted by molar-refractivity contribution is 5.33. The van der Waals surface area contributed by atoms with Gasteiger partial charge in [-0.2, -0.15) is 0 Å². The number of benzene rings is 1. The SMILES string of the molecule is [N-]=[N+]=NCCOCCOc1ccccc1CCCN. The molecule has 1 aromatic carbocycles. The van der Waals surface area contributed by atoms with Gasteiger partial charge in [-0.25, -0.2) is 0 Å². The summed E-state index contributed by atoms with van der Waals surface area (Å²) in [4.78, 5) is 2.64. The summed E-state index contributed by atoms with van der Waals surface area (Å²) < 4.78 is 10.9. The molecule has 0 unspecified atom stereocenters. The number of hydrogen-bond donors (Lipinski definition) is 1. The van der Waals surface area contributed by atoms with Crippen LogP contribution < -0.4 is 10.5 Å². The second kappa shape index (κ2) is 10.2. The second-order valence-corrected chi connectivity index (χ2v) is 3.92. The van der Waals surface area contributed by atoms with Gasteiger partial charge in [0.1, 0.15) is 12.4 Å². The van der Waals surface area contributed by atoms with Gasteiger partial charge >= 0.3 is 0 Å². The Hall–Kier alpha value is -1.75. The van der Waals surface area contributed by atoms with Crippen LogP contribution in [0, 0.1) is 0 Å². The quantitative estimate of drug-likeness (QED) is 0.304. The molecule has 0 spiro atoms. The van der Waals surface area contributed by atoms with E-state index in [-0.39, 0.29) is 0 Å². The Balaban J connectivity index is 2.26. The molecule has 6 nitrogen and oxygen atoms in total. The highest BCUT2D eigenvalue weighted by Crippen LogP contribution is 2.19. The molecule has 0 fully saturated rings. The van der Waals surface area contributed by atoms with Crippen LogP contribution in [-0.4, -0.2) is 32.9 Å². The Bertz CT molecular complexity index is 405. The summed E-state index contributed by atoms with van der Waals surface area (Å²) in [7, 11) is 0. The van der Waals surface area contributed by atoms with Crippen molar-refractivity contribution in [1.82, 2.24) is 0 Å². The average molecular weight is 264 g/mol. The summed E-state index contributed by atoms with van der Waals surface area (Å²) in [5.74, 6) is 0.884. The molecule has 0 bridgehead atoms. The molecule has 1 aromatic rings. The molecule has 0 radical (unpaired) electrons. The molecular weight excluding hydrogens is 244 g/mol. The number of nitrogens with two attached hydrogens (primary N) is 1. The van der Waals surface area contributed by atoms with E-state index in [1.807, 2.05) is 24.3 Å². The van der Waals surface area contributed by atoms with E-state index in [1.165, 1.54) is 5.56 Å². The Morgan fingerprint density at radius 2 is 2.05 bits per heavy atom. The molecule has 0 saturated carbocycles. The van der Waals surface area contributed by atoms with Crippen LogP contribution in [0.3, 0.4) is 0 Å². The van der Waals surface area contributed by atoms with Crippen molar-refractivity contribution < 1.29 is 9.47 Å². The molecule has 19 heavy (non-hydrogen) atoms. The minimum absolute atomic E-state index is 0.351. The molecule has 0 aliphatic rings. The largest absolute Gasteiger partial charge is 0.491 e. The topological polar surface area (TPSA) is 93.2 Å². The van der Waals surface area contributed by atoms with Gasteiger partial charge in [0.15, 0.2) is 0 Å². The third kappa shape index (κ3) is 6.67. The Morgan fingerprint density at radius 1 is 1.21 bits per heavy atom. The summed E-state index contributed by atoms with van der Waals surface area (Å²) in [6.07, 6.45) is 1.87. The third-order valence-electron chi connectivity index (χ3n) is 2.51. The van der Waals surface area contributed by atoms with Crippen molar-refractivity contribution in [2.45, 2.75) is 12.8 Å². The van der Waals surface area contributed by atoms with Crippen LogP contribution in [0.5, 0.6) is 5.75 Å². The van der Waals surface area contributed by atoms with Crippen molar-refractivity contribution >= 4 is 0 Å². The van der Waals surface area contributed by atoms with Gasteiger partial charge < -0.3 is 15.2 Å². The van der Waals surface area contributed by atoms with Gasteiger partial charge in [0, 0.05) is 11.5 Å². The van der Waals surface area contributed by atoms with E-state index in [0.29, 0.717) is 32.9 Å². The van der Waals surface area contributed by atoms with Crippen LogP contribution in [0.2, 0.25) is 0 Å². The maximum absolute atomic E-state index is 8.09. The molecule has 2 N–H and O–H groups in total. The molecule has 0 amide bonds. The summed E-state index contributed by atoms with van der Waals surface area (Å²) in [6, 6.07) is 7.94. The third-order valence-corrected chi connectivity index (χ3v) is 2.51. The molecule has 104 valence electrons. The maximum atomic E-state index is 8.09. The zero-order valence-electron chi connectivity index (χ0n) is 11.0. The van der Waals surface area contributed by atoms with E-state index >= 15 is 0 Å². The van der Waals surface area contributed by atoms with E-state index in [9.17, 15) is 0 Å². The molecular formula is C13H20N4O2. The molecule has 0 saturated heterocycles. The van der Waals surface area contributed by atoms with E-state index in [0.717, 1.165) is 18.6 Å². The zero-order valence-corrected chi connectivity index (χ0v) is 11.0. The van der Waals surface area contributed by atoms with Crippen molar-refractivity contribution in [3.63, 3.8) is 0 Å². The lowest BCUT2D eigenvalue weighted by atomic mass is 10.1. The van der Waals surface area contributed by atoms with Crippen LogP contribution in [-0.2, 0) is 11.2 Å². The van der Waals surface area contributed by atoms with Crippen molar-refractivity contribution in [2.24, 2.45) is 10.8 Å². The van der Waals surface area contributed by atoms with E-state index in [2.05, 4.69) is 10.0 Å². The summed E-state index contributed by atoms with van der Waals surface area (Å²) in [5, 5.41) is 3.38. The minimum atomic E-state index is 0.351. The minimum Gasteiger partial charge on any atom is -0.491 e. The number of azide groups is 1. The number of hydrogen-bond acceptors (Lipinski definition) is 4. The molecule has 6 heteroatoms. The van der Waals surface area contributed by atoms with Crippen molar-refractivity contribution in [2.75, 3.05) is 32.9 Å². The summed E-state index contributed by atoms with van der Waals surface area (Å²) in [5.41, 5.74) is 14.8. The van der Waals surface area contributed by atoms with Crippen LogP contribution in [0.4, 0.5) is 0 Å². The van der Waals surface area contributed by atoms with E-state index in [4.69, 9.17) is 20.7 Å². The molecule has 0 aliphatic heterocycles. The Morgan fingerprint density at radius 3 is 2.84 bits per heavy atom. The van der Waals surface area contributed by atoms with Crippen LogP contribution in [0.25, 0.3) is 10.4 Å². The van der Waals surface area contributed by atoms with Gasteiger partial charge in [-0.05, 0) is 36.5 Å². The number of aryl methyl sites for hydroxylation is 1. The predicted molar refractivity (Wildman–Crippen MR) is 74.1 cm³/mol. The molecule has 1 rings (SSSR count). The standard InChI is InChI=1S/C13H20N4O2/c14-7-3-5-12-4-1-2-6-13(12)19-11-10-18-9-8-16-17-15/h1-2,4,6H,3,5,7-11,14H2. The molecule has 0 atom stereocenters. The first-order valence-corrected chi connectivity index (χ1v) is 6.38. The number of para-hydroxylation sites is 1. The summed E-state index contributed by atoms with van der Waals surface area (Å²) in [6.45, 7) is 2.41. The first kappa shape index (κ1) is 15.3. The second-order valence-electron chi connectivity index (χ2n) is 3.92. The van der Waals surface area contributed by atoms with Crippen molar-refractivity contribution in [1.29, 1.82) is 0 Å². The van der Waals surface area contributed by atoms with Crippen molar-refractivity contribution in [3.05, 3.63) is 40.3 Å². The Labute approximate surface area is 113 Å². The molecule has 0 heterocycles. The summed E-state index contributed by atoms with van der Waals surface area (Å²) >= 11 is 0. The number of nitrogens with zero attached hydrogens (tertiary/aromatic N) is 3. The lowest BCUT2D eigenvalue weighted by Gasteiger charge is -2.11. The van der Waals surface area contributed by atoms with Gasteiger partial charge in [-0.3, -0.25) is 0 Å². The van der Waals surface area contributed by atoms with Gasteiger partial charge in [0.05, 0.1) is 13.2 Å². The number of rotatable bonds is 10. The normalized spacial score (nSPS) is 9.95. The van der Waals surface area contributed by atoms with Gasteiger partial charge in [0.25, 0.3) is 0 Å². The number of ether oxygens (including phenoxy) is 2. The fourth-order valence-electron chi connectivity index (χ4n) is 1.61. The Kier molecular flexibility index (Phi) is 8.22. The van der Waals surface area contributed by atoms with E-state index < -0.39 is 0 Å². The van der Waals surface area contributed by atoms with Crippen LogP contribution in [0.1, 0.15) is 12.0 Å². The molecule has 0 aliphatic carbocycles. The fraction of sp³-hybridized carbons (Fsp3) is 0.538. The van der Waals surface area contributed by atoms with Crippen LogP contribution in [0.15, 0.2) is 29.4 Å². The zero-order chi connectivity index (χ0) is 13.8. The highest BCUT2D eigenvalue weighted by Gasteiger charge is 2.02. The monoisotopic (exact) mass is 264 g/mol. The molecule has 0 aromatic heterocycles. The lowest BCUT2D eigenvalue weighted by Crippen LogP contribution is -2.10.